The molecule has 1 fully saturated rings. The monoisotopic (exact) mass is 381 g/mol. The lowest BCUT2D eigenvalue weighted by Gasteiger charge is -2.57. The van der Waals surface area contributed by atoms with Crippen LogP contribution in [0, 0.1) is 5.41 Å². The summed E-state index contributed by atoms with van der Waals surface area (Å²) in [4.78, 5) is 12.3. The van der Waals surface area contributed by atoms with Crippen LogP contribution in [0.25, 0.3) is 0 Å². The van der Waals surface area contributed by atoms with E-state index in [9.17, 15) is 9.90 Å². The molecule has 1 rings (SSSR count). The van der Waals surface area contributed by atoms with Crippen molar-refractivity contribution in [3.63, 3.8) is 0 Å². The van der Waals surface area contributed by atoms with Gasteiger partial charge in [-0.05, 0) is 26.2 Å². The van der Waals surface area contributed by atoms with Gasteiger partial charge in [0.05, 0.1) is 21.1 Å². The SMILES string of the molecule is CCCCCCCCCCCCC1(C(C)(C(=O)[O-])[N+](C)(C)C)CCCCC1. The first-order valence-electron chi connectivity index (χ1n) is 11.7. The van der Waals surface area contributed by atoms with E-state index in [0.717, 1.165) is 19.3 Å². The maximum absolute atomic E-state index is 12.3. The standard InChI is InChI=1S/C24H47NO2/c1-6-7-8-9-10-11-12-13-14-16-19-24(20-17-15-18-21-24)23(2,22(26)27)25(3,4)5/h6-21H2,1-5H3. The average molecular weight is 382 g/mol. The van der Waals surface area contributed by atoms with Crippen LogP contribution in [0.15, 0.2) is 0 Å². The zero-order valence-corrected chi connectivity index (χ0v) is 19.1. The number of hydrogen-bond acceptors (Lipinski definition) is 2. The van der Waals surface area contributed by atoms with Crippen molar-refractivity contribution < 1.29 is 14.4 Å². The van der Waals surface area contributed by atoms with Gasteiger partial charge in [0.15, 0.2) is 0 Å². The molecule has 160 valence electrons. The summed E-state index contributed by atoms with van der Waals surface area (Å²) in [5.41, 5.74) is -0.921. The van der Waals surface area contributed by atoms with Gasteiger partial charge in [-0.2, -0.15) is 0 Å². The lowest BCUT2D eigenvalue weighted by atomic mass is 9.58. The molecule has 0 aromatic heterocycles. The molecular formula is C24H47NO2. The van der Waals surface area contributed by atoms with Gasteiger partial charge < -0.3 is 14.4 Å². The predicted octanol–water partition coefficient (Wildman–Crippen LogP) is 5.46. The topological polar surface area (TPSA) is 40.1 Å². The second-order valence-electron chi connectivity index (χ2n) is 10.1. The molecule has 0 heterocycles. The quantitative estimate of drug-likeness (QED) is 0.296. The highest BCUT2D eigenvalue weighted by molar-refractivity contribution is 5.76. The second kappa shape index (κ2) is 11.4. The van der Waals surface area contributed by atoms with Gasteiger partial charge in [0.2, 0.25) is 0 Å². The fraction of sp³-hybridized carbons (Fsp3) is 0.958. The van der Waals surface area contributed by atoms with Gasteiger partial charge >= 0.3 is 0 Å². The van der Waals surface area contributed by atoms with Crippen LogP contribution in [-0.2, 0) is 4.79 Å². The first-order chi connectivity index (χ1) is 12.7. The van der Waals surface area contributed by atoms with Gasteiger partial charge in [-0.3, -0.25) is 0 Å². The number of nitrogens with zero attached hydrogens (tertiary/aromatic N) is 1. The van der Waals surface area contributed by atoms with E-state index in [1.165, 1.54) is 83.5 Å². The van der Waals surface area contributed by atoms with Gasteiger partial charge in [0.1, 0.15) is 11.5 Å². The number of carboxylic acid groups (broad SMARTS) is 1. The number of carbonyl (C=O) groups excluding carboxylic acids is 1. The Labute approximate surface area is 169 Å². The summed E-state index contributed by atoms with van der Waals surface area (Å²) in [6.07, 6.45) is 20.0. The molecule has 0 radical (unpaired) electrons. The summed E-state index contributed by atoms with van der Waals surface area (Å²) < 4.78 is 0.451. The largest absolute Gasteiger partial charge is 0.544 e. The van der Waals surface area contributed by atoms with Crippen LogP contribution in [0.4, 0.5) is 0 Å². The van der Waals surface area contributed by atoms with Crippen molar-refractivity contribution in [2.75, 3.05) is 21.1 Å². The molecule has 0 N–H and O–H groups in total. The highest BCUT2D eigenvalue weighted by Crippen LogP contribution is 2.52. The molecule has 1 unspecified atom stereocenters. The van der Waals surface area contributed by atoms with Crippen molar-refractivity contribution in [2.24, 2.45) is 5.41 Å². The van der Waals surface area contributed by atoms with Crippen molar-refractivity contribution in [2.45, 2.75) is 122 Å². The van der Waals surface area contributed by atoms with Crippen LogP contribution >= 0.6 is 0 Å². The summed E-state index contributed by atoms with van der Waals surface area (Å²) in [7, 11) is 6.10. The molecule has 0 aliphatic heterocycles. The minimum absolute atomic E-state index is 0.109. The van der Waals surface area contributed by atoms with Crippen molar-refractivity contribution in [3.8, 4) is 0 Å². The van der Waals surface area contributed by atoms with Gasteiger partial charge in [0.25, 0.3) is 0 Å². The average Bonchev–Trinajstić information content (AvgIpc) is 2.62. The van der Waals surface area contributed by atoms with Crippen LogP contribution in [-0.4, -0.2) is 37.1 Å². The van der Waals surface area contributed by atoms with Crippen molar-refractivity contribution in [1.82, 2.24) is 0 Å². The number of unbranched alkanes of at least 4 members (excludes halogenated alkanes) is 9. The summed E-state index contributed by atoms with van der Waals surface area (Å²) in [5.74, 6) is -0.857. The number of carbonyl (C=O) groups is 1. The van der Waals surface area contributed by atoms with Crippen molar-refractivity contribution in [3.05, 3.63) is 0 Å². The van der Waals surface area contributed by atoms with Gasteiger partial charge in [-0.1, -0.05) is 90.4 Å². The first-order valence-corrected chi connectivity index (χ1v) is 11.7. The maximum atomic E-state index is 12.3. The van der Waals surface area contributed by atoms with E-state index < -0.39 is 11.5 Å². The highest BCUT2D eigenvalue weighted by atomic mass is 16.4. The van der Waals surface area contributed by atoms with Crippen LogP contribution in [0.1, 0.15) is 117 Å². The normalized spacial score (nSPS) is 19.6. The zero-order chi connectivity index (χ0) is 20.4. The van der Waals surface area contributed by atoms with E-state index >= 15 is 0 Å². The highest BCUT2D eigenvalue weighted by Gasteiger charge is 2.57. The lowest BCUT2D eigenvalue weighted by Crippen LogP contribution is -2.72. The van der Waals surface area contributed by atoms with E-state index in [1.807, 2.05) is 28.1 Å². The number of rotatable bonds is 14. The molecule has 0 amide bonds. The summed E-state index contributed by atoms with van der Waals surface area (Å²) in [5, 5.41) is 12.3. The van der Waals surface area contributed by atoms with Gasteiger partial charge in [0, 0.05) is 5.41 Å². The van der Waals surface area contributed by atoms with Crippen molar-refractivity contribution >= 4 is 5.97 Å². The minimum Gasteiger partial charge on any atom is -0.544 e. The molecule has 3 heteroatoms. The Hall–Kier alpha value is -0.570. The Morgan fingerprint density at radius 3 is 1.70 bits per heavy atom. The molecule has 0 aromatic rings. The molecule has 1 aliphatic rings. The third kappa shape index (κ3) is 6.48. The molecule has 1 aliphatic carbocycles. The molecule has 0 spiro atoms. The molecule has 0 aromatic carbocycles. The molecule has 27 heavy (non-hydrogen) atoms. The van der Waals surface area contributed by atoms with Gasteiger partial charge in [-0.25, -0.2) is 0 Å². The Balaban J connectivity index is 2.52. The number of likely N-dealkylation sites (N-methyl/N-ethyl adjacent to an activating group) is 1. The zero-order valence-electron chi connectivity index (χ0n) is 19.1. The molecule has 1 saturated carbocycles. The summed E-state index contributed by atoms with van der Waals surface area (Å²) in [6, 6.07) is 0. The molecule has 3 nitrogen and oxygen atoms in total. The number of hydrogen-bond donors (Lipinski definition) is 0. The number of aliphatic carboxylic acids is 1. The summed E-state index contributed by atoms with van der Waals surface area (Å²) in [6.45, 7) is 4.23. The Kier molecular flexibility index (Phi) is 10.4. The van der Waals surface area contributed by atoms with Crippen molar-refractivity contribution in [1.29, 1.82) is 0 Å². The smallest absolute Gasteiger partial charge is 0.141 e. The van der Waals surface area contributed by atoms with E-state index in [-0.39, 0.29) is 5.41 Å². The Morgan fingerprint density at radius 1 is 0.852 bits per heavy atom. The third-order valence-electron chi connectivity index (χ3n) is 7.59. The minimum atomic E-state index is -0.857. The molecule has 1 atom stereocenters. The van der Waals surface area contributed by atoms with E-state index in [4.69, 9.17) is 0 Å². The fourth-order valence-corrected chi connectivity index (χ4v) is 5.36. The molecule has 0 saturated heterocycles. The van der Waals surface area contributed by atoms with Gasteiger partial charge in [-0.15, -0.1) is 0 Å². The van der Waals surface area contributed by atoms with E-state index in [1.54, 1.807) is 0 Å². The van der Waals surface area contributed by atoms with Crippen LogP contribution in [0.5, 0.6) is 0 Å². The van der Waals surface area contributed by atoms with E-state index in [0.29, 0.717) is 4.48 Å². The lowest BCUT2D eigenvalue weighted by molar-refractivity contribution is -0.923. The molecular weight excluding hydrogens is 334 g/mol. The molecule has 0 bridgehead atoms. The van der Waals surface area contributed by atoms with E-state index in [2.05, 4.69) is 6.92 Å². The van der Waals surface area contributed by atoms with Crippen LogP contribution < -0.4 is 5.11 Å². The predicted molar refractivity (Wildman–Crippen MR) is 113 cm³/mol. The number of quaternary nitrogens is 1. The maximum Gasteiger partial charge on any atom is 0.141 e. The number of carboxylic acids is 1. The first kappa shape index (κ1) is 24.5. The Bertz CT molecular complexity index is 421. The van der Waals surface area contributed by atoms with Crippen LogP contribution in [0.3, 0.4) is 0 Å². The third-order valence-corrected chi connectivity index (χ3v) is 7.59. The van der Waals surface area contributed by atoms with Crippen LogP contribution in [0.2, 0.25) is 0 Å². The Morgan fingerprint density at radius 2 is 1.30 bits per heavy atom. The second-order valence-corrected chi connectivity index (χ2v) is 10.1. The fourth-order valence-electron chi connectivity index (χ4n) is 5.36. The summed E-state index contributed by atoms with van der Waals surface area (Å²) >= 11 is 0.